The van der Waals surface area contributed by atoms with Crippen LogP contribution in [0.2, 0.25) is 0 Å². The van der Waals surface area contributed by atoms with Crippen LogP contribution >= 0.6 is 0 Å². The molecule has 2 aromatic carbocycles. The second kappa shape index (κ2) is 10.00. The van der Waals surface area contributed by atoms with E-state index in [1.807, 2.05) is 17.0 Å². The van der Waals surface area contributed by atoms with Gasteiger partial charge in [-0.2, -0.15) is 0 Å². The average Bonchev–Trinajstić information content (AvgIpc) is 2.84. The molecule has 34 heavy (non-hydrogen) atoms. The molecule has 2 heterocycles. The summed E-state index contributed by atoms with van der Waals surface area (Å²) in [7, 11) is -0.585. The van der Waals surface area contributed by atoms with E-state index in [4.69, 9.17) is 9.47 Å². The van der Waals surface area contributed by atoms with Gasteiger partial charge in [0.25, 0.3) is 5.91 Å². The molecule has 0 bridgehead atoms. The summed E-state index contributed by atoms with van der Waals surface area (Å²) in [5, 5.41) is 2.79. The lowest BCUT2D eigenvalue weighted by Crippen LogP contribution is -2.54. The monoisotopic (exact) mass is 488 g/mol. The maximum Gasteiger partial charge on any atom is 0.267 e. The summed E-state index contributed by atoms with van der Waals surface area (Å²) in [6.07, 6.45) is -0.677. The summed E-state index contributed by atoms with van der Waals surface area (Å²) in [5.74, 6) is 0.876. The molecule has 1 saturated heterocycles. The molecule has 4 rings (SSSR count). The normalized spacial score (nSPS) is 18.6. The number of piperazine rings is 1. The molecule has 2 amide bonds. The van der Waals surface area contributed by atoms with Gasteiger partial charge in [-0.25, -0.2) is 12.7 Å². The number of hydrogen-bond donors (Lipinski definition) is 1. The van der Waals surface area contributed by atoms with Gasteiger partial charge in [0.15, 0.2) is 11.5 Å². The molecular weight excluding hydrogens is 460 g/mol. The summed E-state index contributed by atoms with van der Waals surface area (Å²) in [6, 6.07) is 13.3. The predicted molar refractivity (Wildman–Crippen MR) is 125 cm³/mol. The number of anilines is 1. The molecular formula is C23H28N4O6S. The first-order valence-corrected chi connectivity index (χ1v) is 12.4. The van der Waals surface area contributed by atoms with Gasteiger partial charge in [-0.3, -0.25) is 14.5 Å². The number of fused-ring (bicyclic) bond motifs is 1. The van der Waals surface area contributed by atoms with Gasteiger partial charge in [0.1, 0.15) is 6.61 Å². The Balaban J connectivity index is 1.24. The molecule has 1 fully saturated rings. The van der Waals surface area contributed by atoms with E-state index in [0.29, 0.717) is 43.4 Å². The molecule has 2 aliphatic heterocycles. The number of rotatable bonds is 6. The van der Waals surface area contributed by atoms with Crippen LogP contribution in [0.3, 0.4) is 0 Å². The molecule has 0 radical (unpaired) electrons. The van der Waals surface area contributed by atoms with Crippen molar-refractivity contribution in [3.8, 4) is 11.5 Å². The van der Waals surface area contributed by atoms with Crippen molar-refractivity contribution >= 4 is 27.5 Å². The number of para-hydroxylation sites is 2. The molecule has 0 aliphatic carbocycles. The number of hydrogen-bond acceptors (Lipinski definition) is 7. The largest absolute Gasteiger partial charge is 0.485 e. The fourth-order valence-corrected chi connectivity index (χ4v) is 4.70. The molecule has 1 atom stereocenters. The molecule has 0 saturated carbocycles. The Labute approximate surface area is 199 Å². The number of benzene rings is 2. The smallest absolute Gasteiger partial charge is 0.267 e. The van der Waals surface area contributed by atoms with Crippen LogP contribution in [0, 0.1) is 0 Å². The minimum absolute atomic E-state index is 0.119. The van der Waals surface area contributed by atoms with Crippen LogP contribution in [-0.4, -0.2) is 93.9 Å². The molecule has 0 aromatic heterocycles. The fraction of sp³-hybridized carbons (Fsp3) is 0.391. The van der Waals surface area contributed by atoms with Crippen LogP contribution in [0.4, 0.5) is 5.69 Å². The van der Waals surface area contributed by atoms with Crippen molar-refractivity contribution in [2.75, 3.05) is 58.7 Å². The zero-order chi connectivity index (χ0) is 24.3. The zero-order valence-corrected chi connectivity index (χ0v) is 20.0. The zero-order valence-electron chi connectivity index (χ0n) is 19.1. The van der Waals surface area contributed by atoms with E-state index >= 15 is 0 Å². The van der Waals surface area contributed by atoms with Gasteiger partial charge >= 0.3 is 0 Å². The summed E-state index contributed by atoms with van der Waals surface area (Å²) < 4.78 is 36.9. The van der Waals surface area contributed by atoms with Crippen LogP contribution < -0.4 is 14.8 Å². The first kappa shape index (κ1) is 24.0. The highest BCUT2D eigenvalue weighted by Crippen LogP contribution is 2.31. The van der Waals surface area contributed by atoms with E-state index < -0.39 is 16.1 Å². The highest BCUT2D eigenvalue weighted by molar-refractivity contribution is 7.89. The van der Waals surface area contributed by atoms with E-state index in [0.717, 1.165) is 4.31 Å². The van der Waals surface area contributed by atoms with Crippen LogP contribution in [-0.2, 0) is 19.6 Å². The van der Waals surface area contributed by atoms with Gasteiger partial charge in [0.05, 0.1) is 11.4 Å². The number of nitrogens with one attached hydrogen (secondary N) is 1. The Bertz CT molecular complexity index is 1140. The van der Waals surface area contributed by atoms with E-state index in [9.17, 15) is 18.0 Å². The predicted octanol–water partition coefficient (Wildman–Crippen LogP) is 0.860. The highest BCUT2D eigenvalue weighted by atomic mass is 32.2. The van der Waals surface area contributed by atoms with Crippen molar-refractivity contribution in [3.63, 3.8) is 0 Å². The first-order chi connectivity index (χ1) is 16.2. The van der Waals surface area contributed by atoms with Crippen LogP contribution in [0.5, 0.6) is 11.5 Å². The third-order valence-corrected chi connectivity index (χ3v) is 7.58. The Morgan fingerprint density at radius 1 is 1.00 bits per heavy atom. The Morgan fingerprint density at radius 2 is 1.65 bits per heavy atom. The van der Waals surface area contributed by atoms with Gasteiger partial charge < -0.3 is 19.7 Å². The van der Waals surface area contributed by atoms with Crippen molar-refractivity contribution in [1.29, 1.82) is 0 Å². The van der Waals surface area contributed by atoms with Crippen molar-refractivity contribution in [2.45, 2.75) is 11.0 Å². The topological polar surface area (TPSA) is 108 Å². The van der Waals surface area contributed by atoms with Gasteiger partial charge in [0, 0.05) is 46.0 Å². The maximum absolute atomic E-state index is 12.9. The standard InChI is InChI=1S/C23H28N4O6S/c1-25(2)34(30,31)18-9-7-17(8-10-18)24-22(28)15-26-11-13-27(14-12-26)23(29)21-16-32-19-5-3-4-6-20(19)33-21/h3-10,21H,11-16H2,1-2H3,(H,24,28). The third kappa shape index (κ3) is 5.32. The minimum Gasteiger partial charge on any atom is -0.485 e. The Kier molecular flexibility index (Phi) is 7.05. The SMILES string of the molecule is CN(C)S(=O)(=O)c1ccc(NC(=O)CN2CCN(C(=O)C3COc4ccccc4O3)CC2)cc1. The molecule has 1 N–H and O–H groups in total. The molecule has 182 valence electrons. The van der Waals surface area contributed by atoms with Gasteiger partial charge in [0.2, 0.25) is 22.0 Å². The molecule has 0 spiro atoms. The fourth-order valence-electron chi connectivity index (χ4n) is 3.80. The second-order valence-electron chi connectivity index (χ2n) is 8.33. The lowest BCUT2D eigenvalue weighted by molar-refractivity contribution is -0.143. The van der Waals surface area contributed by atoms with Crippen molar-refractivity contribution in [1.82, 2.24) is 14.1 Å². The molecule has 2 aliphatic rings. The first-order valence-electron chi connectivity index (χ1n) is 11.0. The Morgan fingerprint density at radius 3 is 2.29 bits per heavy atom. The minimum atomic E-state index is -3.52. The molecule has 2 aromatic rings. The number of sulfonamides is 1. The summed E-state index contributed by atoms with van der Waals surface area (Å²) in [4.78, 5) is 29.2. The maximum atomic E-state index is 12.9. The van der Waals surface area contributed by atoms with E-state index in [-0.39, 0.29) is 29.9 Å². The van der Waals surface area contributed by atoms with Gasteiger partial charge in [-0.15, -0.1) is 0 Å². The second-order valence-corrected chi connectivity index (χ2v) is 10.5. The number of carbonyl (C=O) groups is 2. The van der Waals surface area contributed by atoms with Crippen LogP contribution in [0.15, 0.2) is 53.4 Å². The molecule has 1 unspecified atom stereocenters. The van der Waals surface area contributed by atoms with Crippen molar-refractivity contribution < 1.29 is 27.5 Å². The lowest BCUT2D eigenvalue weighted by atomic mass is 10.2. The average molecular weight is 489 g/mol. The summed E-state index contributed by atoms with van der Waals surface area (Å²) in [6.45, 7) is 2.45. The summed E-state index contributed by atoms with van der Waals surface area (Å²) >= 11 is 0. The van der Waals surface area contributed by atoms with Crippen molar-refractivity contribution in [2.24, 2.45) is 0 Å². The van der Waals surface area contributed by atoms with Crippen molar-refractivity contribution in [3.05, 3.63) is 48.5 Å². The third-order valence-electron chi connectivity index (χ3n) is 5.75. The van der Waals surface area contributed by atoms with Gasteiger partial charge in [-0.05, 0) is 36.4 Å². The van der Waals surface area contributed by atoms with Crippen LogP contribution in [0.1, 0.15) is 0 Å². The number of amides is 2. The Hall–Kier alpha value is -3.15. The van der Waals surface area contributed by atoms with Crippen LogP contribution in [0.25, 0.3) is 0 Å². The number of nitrogens with zero attached hydrogens (tertiary/aromatic N) is 3. The van der Waals surface area contributed by atoms with E-state index in [1.165, 1.54) is 26.2 Å². The molecule has 10 nitrogen and oxygen atoms in total. The number of carbonyl (C=O) groups excluding carboxylic acids is 2. The summed E-state index contributed by atoms with van der Waals surface area (Å²) in [5.41, 5.74) is 0.520. The number of ether oxygens (including phenoxy) is 2. The van der Waals surface area contributed by atoms with E-state index in [2.05, 4.69) is 5.32 Å². The van der Waals surface area contributed by atoms with Gasteiger partial charge in [-0.1, -0.05) is 12.1 Å². The molecule has 11 heteroatoms. The lowest BCUT2D eigenvalue weighted by Gasteiger charge is -2.36. The highest BCUT2D eigenvalue weighted by Gasteiger charge is 2.33. The quantitative estimate of drug-likeness (QED) is 0.643. The van der Waals surface area contributed by atoms with E-state index in [1.54, 1.807) is 29.2 Å².